The van der Waals surface area contributed by atoms with Crippen LogP contribution in [-0.2, 0) is 6.42 Å². The first-order chi connectivity index (χ1) is 9.72. The molecule has 0 aliphatic carbocycles. The predicted octanol–water partition coefficient (Wildman–Crippen LogP) is 3.35. The molecule has 0 fully saturated rings. The minimum absolute atomic E-state index is 0.386. The summed E-state index contributed by atoms with van der Waals surface area (Å²) in [6.45, 7) is 4.02. The van der Waals surface area contributed by atoms with E-state index in [0.717, 1.165) is 13.0 Å². The lowest BCUT2D eigenvalue weighted by Gasteiger charge is -2.32. The van der Waals surface area contributed by atoms with Crippen molar-refractivity contribution in [2.24, 2.45) is 5.73 Å². The Morgan fingerprint density at radius 3 is 2.50 bits per heavy atom. The van der Waals surface area contributed by atoms with Crippen LogP contribution in [0.4, 0.5) is 0 Å². The van der Waals surface area contributed by atoms with Gasteiger partial charge in [-0.1, -0.05) is 43.3 Å². The molecule has 2 nitrogen and oxygen atoms in total. The smallest absolute Gasteiger partial charge is 0.0281 e. The van der Waals surface area contributed by atoms with Gasteiger partial charge >= 0.3 is 0 Å². The second kappa shape index (κ2) is 7.58. The molecule has 1 aromatic heterocycles. The predicted molar refractivity (Wildman–Crippen MR) is 88.4 cm³/mol. The number of benzene rings is 1. The summed E-state index contributed by atoms with van der Waals surface area (Å²) < 4.78 is 0. The van der Waals surface area contributed by atoms with Crippen molar-refractivity contribution in [2.75, 3.05) is 20.1 Å². The van der Waals surface area contributed by atoms with Crippen molar-refractivity contribution in [2.45, 2.75) is 25.3 Å². The van der Waals surface area contributed by atoms with Gasteiger partial charge in [0.1, 0.15) is 0 Å². The Hall–Kier alpha value is -1.16. The molecule has 1 aromatic carbocycles. The molecule has 0 saturated carbocycles. The van der Waals surface area contributed by atoms with Gasteiger partial charge in [-0.2, -0.15) is 0 Å². The van der Waals surface area contributed by atoms with Crippen LogP contribution in [0.25, 0.3) is 0 Å². The zero-order valence-corrected chi connectivity index (χ0v) is 13.1. The second-order valence-corrected chi connectivity index (χ2v) is 6.34. The first-order valence-corrected chi connectivity index (χ1v) is 8.08. The third-order valence-corrected chi connectivity index (χ3v) is 4.94. The van der Waals surface area contributed by atoms with Gasteiger partial charge in [-0.15, -0.1) is 11.3 Å². The molecule has 2 rings (SSSR count). The Balaban J connectivity index is 1.96. The van der Waals surface area contributed by atoms with E-state index in [9.17, 15) is 0 Å². The molecular weight excluding hydrogens is 264 g/mol. The van der Waals surface area contributed by atoms with Crippen molar-refractivity contribution in [3.05, 3.63) is 58.3 Å². The summed E-state index contributed by atoms with van der Waals surface area (Å²) in [5.74, 6) is 0.453. The number of thiophene rings is 1. The van der Waals surface area contributed by atoms with Crippen LogP contribution in [0.15, 0.2) is 47.8 Å². The summed E-state index contributed by atoms with van der Waals surface area (Å²) in [4.78, 5) is 3.84. The Morgan fingerprint density at radius 2 is 1.90 bits per heavy atom. The third kappa shape index (κ3) is 3.92. The maximum Gasteiger partial charge on any atom is 0.0281 e. The molecule has 0 saturated heterocycles. The molecule has 0 bridgehead atoms. The SMILES string of the molecule is CC(c1ccccc1)C(CN)N(C)CCc1cccs1. The molecule has 3 heteroatoms. The minimum atomic E-state index is 0.386. The first-order valence-electron chi connectivity index (χ1n) is 7.20. The van der Waals surface area contributed by atoms with Gasteiger partial charge in [0, 0.05) is 24.0 Å². The van der Waals surface area contributed by atoms with Gasteiger partial charge in [-0.05, 0) is 36.4 Å². The molecule has 2 aromatic rings. The van der Waals surface area contributed by atoms with Crippen molar-refractivity contribution >= 4 is 11.3 Å². The monoisotopic (exact) mass is 288 g/mol. The summed E-state index contributed by atoms with van der Waals surface area (Å²) in [7, 11) is 2.19. The summed E-state index contributed by atoms with van der Waals surface area (Å²) >= 11 is 1.83. The number of nitrogens with two attached hydrogens (primary N) is 1. The highest BCUT2D eigenvalue weighted by atomic mass is 32.1. The highest BCUT2D eigenvalue weighted by molar-refractivity contribution is 7.09. The number of likely N-dealkylation sites (N-methyl/N-ethyl adjacent to an activating group) is 1. The van der Waals surface area contributed by atoms with Gasteiger partial charge in [-0.3, -0.25) is 0 Å². The van der Waals surface area contributed by atoms with Crippen molar-refractivity contribution in [3.8, 4) is 0 Å². The van der Waals surface area contributed by atoms with Crippen molar-refractivity contribution in [3.63, 3.8) is 0 Å². The maximum absolute atomic E-state index is 6.02. The molecule has 0 spiro atoms. The van der Waals surface area contributed by atoms with Crippen LogP contribution in [0, 0.1) is 0 Å². The van der Waals surface area contributed by atoms with Crippen LogP contribution in [0.2, 0.25) is 0 Å². The molecule has 1 heterocycles. The van der Waals surface area contributed by atoms with E-state index in [1.165, 1.54) is 10.4 Å². The van der Waals surface area contributed by atoms with E-state index < -0.39 is 0 Å². The van der Waals surface area contributed by atoms with E-state index in [0.29, 0.717) is 18.5 Å². The van der Waals surface area contributed by atoms with Crippen LogP contribution < -0.4 is 5.73 Å². The maximum atomic E-state index is 6.02. The number of hydrogen-bond acceptors (Lipinski definition) is 3. The summed E-state index contributed by atoms with van der Waals surface area (Å²) in [6, 6.07) is 15.4. The van der Waals surface area contributed by atoms with Crippen LogP contribution in [-0.4, -0.2) is 31.1 Å². The lowest BCUT2D eigenvalue weighted by molar-refractivity contribution is 0.223. The normalized spacial score (nSPS) is 14.4. The molecule has 2 unspecified atom stereocenters. The summed E-state index contributed by atoms with van der Waals surface area (Å²) in [6.07, 6.45) is 1.10. The van der Waals surface area contributed by atoms with E-state index in [4.69, 9.17) is 5.73 Å². The summed E-state index contributed by atoms with van der Waals surface area (Å²) in [5, 5.41) is 2.14. The fraction of sp³-hybridized carbons (Fsp3) is 0.412. The molecular formula is C17H24N2S. The Morgan fingerprint density at radius 1 is 1.15 bits per heavy atom. The Labute approximate surface area is 126 Å². The molecule has 0 radical (unpaired) electrons. The average molecular weight is 288 g/mol. The second-order valence-electron chi connectivity index (χ2n) is 5.31. The van der Waals surface area contributed by atoms with Crippen LogP contribution in [0.3, 0.4) is 0 Å². The fourth-order valence-corrected chi connectivity index (χ4v) is 3.35. The highest BCUT2D eigenvalue weighted by Crippen LogP contribution is 2.22. The van der Waals surface area contributed by atoms with Gasteiger partial charge in [0.25, 0.3) is 0 Å². The van der Waals surface area contributed by atoms with Gasteiger partial charge in [0.15, 0.2) is 0 Å². The van der Waals surface area contributed by atoms with E-state index in [1.807, 2.05) is 11.3 Å². The molecule has 0 aliphatic rings. The molecule has 2 N–H and O–H groups in total. The molecule has 108 valence electrons. The van der Waals surface area contributed by atoms with Crippen molar-refractivity contribution < 1.29 is 0 Å². The van der Waals surface area contributed by atoms with Crippen molar-refractivity contribution in [1.29, 1.82) is 0 Å². The van der Waals surface area contributed by atoms with E-state index in [2.05, 4.69) is 66.7 Å². The minimum Gasteiger partial charge on any atom is -0.329 e. The van der Waals surface area contributed by atoms with Gasteiger partial charge in [0.05, 0.1) is 0 Å². The lowest BCUT2D eigenvalue weighted by Crippen LogP contribution is -2.42. The van der Waals surface area contributed by atoms with Gasteiger partial charge in [-0.25, -0.2) is 0 Å². The lowest BCUT2D eigenvalue weighted by atomic mass is 9.92. The van der Waals surface area contributed by atoms with Crippen LogP contribution in [0.1, 0.15) is 23.3 Å². The zero-order valence-electron chi connectivity index (χ0n) is 12.3. The van der Waals surface area contributed by atoms with Crippen molar-refractivity contribution in [1.82, 2.24) is 4.90 Å². The quantitative estimate of drug-likeness (QED) is 0.846. The van der Waals surface area contributed by atoms with Gasteiger partial charge in [0.2, 0.25) is 0 Å². The first kappa shape index (κ1) is 15.2. The van der Waals surface area contributed by atoms with Crippen LogP contribution >= 0.6 is 11.3 Å². The van der Waals surface area contributed by atoms with E-state index >= 15 is 0 Å². The topological polar surface area (TPSA) is 29.3 Å². The average Bonchev–Trinajstić information content (AvgIpc) is 3.00. The summed E-state index contributed by atoms with van der Waals surface area (Å²) in [5.41, 5.74) is 7.39. The van der Waals surface area contributed by atoms with E-state index in [1.54, 1.807) is 0 Å². The number of rotatable bonds is 7. The Kier molecular flexibility index (Phi) is 5.77. The van der Waals surface area contributed by atoms with Crippen LogP contribution in [0.5, 0.6) is 0 Å². The zero-order chi connectivity index (χ0) is 14.4. The standard InChI is InChI=1S/C17H24N2S/c1-14(15-7-4-3-5-8-15)17(13-18)19(2)11-10-16-9-6-12-20-16/h3-9,12,14,17H,10-11,13,18H2,1-2H3. The van der Waals surface area contributed by atoms with E-state index in [-0.39, 0.29) is 0 Å². The van der Waals surface area contributed by atoms with Gasteiger partial charge < -0.3 is 10.6 Å². The third-order valence-electron chi connectivity index (χ3n) is 4.00. The highest BCUT2D eigenvalue weighted by Gasteiger charge is 2.21. The fourth-order valence-electron chi connectivity index (χ4n) is 2.65. The largest absolute Gasteiger partial charge is 0.329 e. The molecule has 2 atom stereocenters. The molecule has 0 amide bonds. The number of nitrogens with zero attached hydrogens (tertiary/aromatic N) is 1. The number of hydrogen-bond donors (Lipinski definition) is 1. The molecule has 0 aliphatic heterocycles. The molecule has 20 heavy (non-hydrogen) atoms. The Bertz CT molecular complexity index is 481.